The summed E-state index contributed by atoms with van der Waals surface area (Å²) in [7, 11) is 1.33. The van der Waals surface area contributed by atoms with Crippen molar-refractivity contribution in [3.05, 3.63) is 68.5 Å². The van der Waals surface area contributed by atoms with E-state index in [1.165, 1.54) is 18.4 Å². The molecule has 3 aromatic rings. The van der Waals surface area contributed by atoms with Gasteiger partial charge in [0.25, 0.3) is 5.91 Å². The SMILES string of the molecule is COC(=O)c1c(NC(=O)COc2c(C)cc(Br)cc2C)sc(C)c1-c1ccccc1. The maximum absolute atomic E-state index is 12.6. The van der Waals surface area contributed by atoms with Crippen LogP contribution in [0.4, 0.5) is 5.00 Å². The Morgan fingerprint density at radius 1 is 1.07 bits per heavy atom. The highest BCUT2D eigenvalue weighted by Crippen LogP contribution is 2.40. The molecule has 30 heavy (non-hydrogen) atoms. The maximum Gasteiger partial charge on any atom is 0.341 e. The number of carbonyl (C=O) groups is 2. The molecule has 0 saturated carbocycles. The summed E-state index contributed by atoms with van der Waals surface area (Å²) in [6.07, 6.45) is 0. The number of rotatable bonds is 6. The van der Waals surface area contributed by atoms with Gasteiger partial charge in [0.05, 0.1) is 7.11 Å². The Hall–Kier alpha value is -2.64. The van der Waals surface area contributed by atoms with Crippen LogP contribution in [0.2, 0.25) is 0 Å². The molecule has 0 aliphatic heterocycles. The van der Waals surface area contributed by atoms with Gasteiger partial charge >= 0.3 is 5.97 Å². The van der Waals surface area contributed by atoms with E-state index in [0.29, 0.717) is 16.3 Å². The minimum atomic E-state index is -0.492. The highest BCUT2D eigenvalue weighted by Gasteiger charge is 2.25. The van der Waals surface area contributed by atoms with Crippen molar-refractivity contribution in [3.63, 3.8) is 0 Å². The van der Waals surface area contributed by atoms with E-state index < -0.39 is 5.97 Å². The number of anilines is 1. The summed E-state index contributed by atoms with van der Waals surface area (Å²) in [4.78, 5) is 26.0. The topological polar surface area (TPSA) is 64.6 Å². The Bertz CT molecular complexity index is 1070. The molecule has 3 rings (SSSR count). The van der Waals surface area contributed by atoms with Crippen LogP contribution in [0.5, 0.6) is 5.75 Å². The van der Waals surface area contributed by atoms with Gasteiger partial charge in [-0.1, -0.05) is 46.3 Å². The molecule has 0 fully saturated rings. The molecule has 156 valence electrons. The van der Waals surface area contributed by atoms with Gasteiger partial charge in [-0.05, 0) is 49.6 Å². The lowest BCUT2D eigenvalue weighted by molar-refractivity contribution is -0.118. The van der Waals surface area contributed by atoms with Crippen LogP contribution in [-0.4, -0.2) is 25.6 Å². The van der Waals surface area contributed by atoms with Gasteiger partial charge in [0, 0.05) is 14.9 Å². The zero-order chi connectivity index (χ0) is 21.8. The maximum atomic E-state index is 12.6. The Kier molecular flexibility index (Phi) is 6.95. The van der Waals surface area contributed by atoms with Crippen molar-refractivity contribution in [2.45, 2.75) is 20.8 Å². The van der Waals surface area contributed by atoms with E-state index in [9.17, 15) is 9.59 Å². The van der Waals surface area contributed by atoms with Gasteiger partial charge in [0.15, 0.2) is 6.61 Å². The number of aryl methyl sites for hydroxylation is 3. The third-order valence-electron chi connectivity index (χ3n) is 4.56. The zero-order valence-corrected chi connectivity index (χ0v) is 19.6. The Labute approximate surface area is 188 Å². The summed E-state index contributed by atoms with van der Waals surface area (Å²) in [6.45, 7) is 5.60. The van der Waals surface area contributed by atoms with Gasteiger partial charge in [-0.2, -0.15) is 0 Å². The third kappa shape index (κ3) is 4.74. The number of carbonyl (C=O) groups excluding carboxylic acids is 2. The molecule has 0 saturated heterocycles. The molecule has 0 unspecified atom stereocenters. The van der Waals surface area contributed by atoms with Crippen molar-refractivity contribution in [1.29, 1.82) is 0 Å². The van der Waals surface area contributed by atoms with Crippen LogP contribution < -0.4 is 10.1 Å². The summed E-state index contributed by atoms with van der Waals surface area (Å²) in [5.41, 5.74) is 3.88. The standard InChI is InChI=1S/C23H22BrNO4S/c1-13-10-17(24)11-14(2)21(13)29-12-18(26)25-22-20(23(27)28-4)19(15(3)30-22)16-8-6-5-7-9-16/h5-11H,12H2,1-4H3,(H,25,26). The van der Waals surface area contributed by atoms with Crippen LogP contribution >= 0.6 is 27.3 Å². The number of hydrogen-bond acceptors (Lipinski definition) is 5. The molecular weight excluding hydrogens is 466 g/mol. The van der Waals surface area contributed by atoms with Crippen LogP contribution in [0, 0.1) is 20.8 Å². The first-order chi connectivity index (χ1) is 14.3. The Balaban J connectivity index is 1.84. The average molecular weight is 488 g/mol. The molecule has 0 aliphatic rings. The van der Waals surface area contributed by atoms with Crippen LogP contribution in [0.3, 0.4) is 0 Å². The van der Waals surface area contributed by atoms with E-state index in [1.54, 1.807) is 0 Å². The summed E-state index contributed by atoms with van der Waals surface area (Å²) in [5.74, 6) is -0.161. The number of benzene rings is 2. The fourth-order valence-corrected chi connectivity index (χ4v) is 5.07. The monoisotopic (exact) mass is 487 g/mol. The predicted octanol–water partition coefficient (Wildman–Crippen LogP) is 5.91. The predicted molar refractivity (Wildman–Crippen MR) is 124 cm³/mol. The lowest BCUT2D eigenvalue weighted by Crippen LogP contribution is -2.21. The minimum Gasteiger partial charge on any atom is -0.483 e. The third-order valence-corrected chi connectivity index (χ3v) is 6.04. The zero-order valence-electron chi connectivity index (χ0n) is 17.2. The van der Waals surface area contributed by atoms with E-state index in [-0.39, 0.29) is 12.5 Å². The van der Waals surface area contributed by atoms with E-state index in [0.717, 1.165) is 31.6 Å². The molecule has 1 amide bonds. The summed E-state index contributed by atoms with van der Waals surface area (Å²) >= 11 is 4.79. The van der Waals surface area contributed by atoms with Crippen molar-refractivity contribution in [2.24, 2.45) is 0 Å². The molecule has 1 N–H and O–H groups in total. The van der Waals surface area contributed by atoms with Crippen molar-refractivity contribution in [3.8, 4) is 16.9 Å². The molecule has 1 aromatic heterocycles. The molecular formula is C23H22BrNO4S. The number of halogens is 1. The fraction of sp³-hybridized carbons (Fsp3) is 0.217. The number of ether oxygens (including phenoxy) is 2. The first-order valence-electron chi connectivity index (χ1n) is 9.28. The average Bonchev–Trinajstić information content (AvgIpc) is 3.02. The van der Waals surface area contributed by atoms with Crippen molar-refractivity contribution >= 4 is 44.1 Å². The Morgan fingerprint density at radius 2 is 1.70 bits per heavy atom. The van der Waals surface area contributed by atoms with Gasteiger partial charge < -0.3 is 14.8 Å². The highest BCUT2D eigenvalue weighted by atomic mass is 79.9. The van der Waals surface area contributed by atoms with Gasteiger partial charge in [-0.3, -0.25) is 4.79 Å². The van der Waals surface area contributed by atoms with Crippen molar-refractivity contribution in [1.82, 2.24) is 0 Å². The fourth-order valence-electron chi connectivity index (χ4n) is 3.31. The number of methoxy groups -OCH3 is 1. The second kappa shape index (κ2) is 9.45. The van der Waals surface area contributed by atoms with E-state index in [4.69, 9.17) is 9.47 Å². The molecule has 2 aromatic carbocycles. The van der Waals surface area contributed by atoms with E-state index >= 15 is 0 Å². The molecule has 5 nitrogen and oxygen atoms in total. The molecule has 0 atom stereocenters. The summed E-state index contributed by atoms with van der Waals surface area (Å²) in [5, 5.41) is 3.28. The Morgan fingerprint density at radius 3 is 2.30 bits per heavy atom. The lowest BCUT2D eigenvalue weighted by atomic mass is 10.0. The van der Waals surface area contributed by atoms with Gasteiger partial charge in [0.2, 0.25) is 0 Å². The summed E-state index contributed by atoms with van der Waals surface area (Å²) < 4.78 is 11.7. The minimum absolute atomic E-state index is 0.165. The number of nitrogens with one attached hydrogen (secondary N) is 1. The first kappa shape index (κ1) is 22.1. The molecule has 0 radical (unpaired) electrons. The van der Waals surface area contributed by atoms with E-state index in [2.05, 4.69) is 21.2 Å². The normalized spacial score (nSPS) is 10.6. The number of esters is 1. The van der Waals surface area contributed by atoms with Gasteiger partial charge in [-0.25, -0.2) is 4.79 Å². The first-order valence-corrected chi connectivity index (χ1v) is 10.9. The molecule has 0 bridgehead atoms. The number of amides is 1. The second-order valence-corrected chi connectivity index (χ2v) is 8.94. The van der Waals surface area contributed by atoms with E-state index in [1.807, 2.05) is 63.2 Å². The number of hydrogen-bond donors (Lipinski definition) is 1. The molecule has 0 spiro atoms. The van der Waals surface area contributed by atoms with Gasteiger partial charge in [0.1, 0.15) is 16.3 Å². The quantitative estimate of drug-likeness (QED) is 0.439. The van der Waals surface area contributed by atoms with Crippen molar-refractivity contribution < 1.29 is 19.1 Å². The van der Waals surface area contributed by atoms with Crippen LogP contribution in [-0.2, 0) is 9.53 Å². The van der Waals surface area contributed by atoms with Crippen LogP contribution in [0.15, 0.2) is 46.9 Å². The second-order valence-electron chi connectivity index (χ2n) is 6.80. The molecule has 7 heteroatoms. The van der Waals surface area contributed by atoms with Crippen molar-refractivity contribution in [2.75, 3.05) is 19.0 Å². The number of thiophene rings is 1. The van der Waals surface area contributed by atoms with Crippen LogP contribution in [0.1, 0.15) is 26.4 Å². The molecule has 1 heterocycles. The highest BCUT2D eigenvalue weighted by molar-refractivity contribution is 9.10. The van der Waals surface area contributed by atoms with Gasteiger partial charge in [-0.15, -0.1) is 11.3 Å². The van der Waals surface area contributed by atoms with Crippen LogP contribution in [0.25, 0.3) is 11.1 Å². The lowest BCUT2D eigenvalue weighted by Gasteiger charge is -2.13. The summed E-state index contributed by atoms with van der Waals surface area (Å²) in [6, 6.07) is 13.4. The largest absolute Gasteiger partial charge is 0.483 e. The smallest absolute Gasteiger partial charge is 0.341 e. The molecule has 0 aliphatic carbocycles.